The van der Waals surface area contributed by atoms with Gasteiger partial charge in [-0.2, -0.15) is 0 Å². The van der Waals surface area contributed by atoms with Gasteiger partial charge in [-0.05, 0) is 18.2 Å². The van der Waals surface area contributed by atoms with E-state index in [0.29, 0.717) is 23.8 Å². The van der Waals surface area contributed by atoms with Gasteiger partial charge >= 0.3 is 0 Å². The van der Waals surface area contributed by atoms with E-state index in [-0.39, 0.29) is 12.5 Å². The molecule has 0 atom stereocenters. The summed E-state index contributed by atoms with van der Waals surface area (Å²) in [5.74, 6) is 1.66. The molecule has 1 heterocycles. The number of imidazole rings is 1. The zero-order valence-electron chi connectivity index (χ0n) is 15.0. The molecule has 136 valence electrons. The van der Waals surface area contributed by atoms with Gasteiger partial charge in [0.2, 0.25) is 5.91 Å². The average molecular weight is 355 g/mol. The number of para-hydroxylation sites is 2. The number of aromatic nitrogens is 2. The third kappa shape index (κ3) is 3.56. The molecule has 7 nitrogen and oxygen atoms in total. The molecule has 0 spiro atoms. The van der Waals surface area contributed by atoms with E-state index in [1.165, 1.54) is 0 Å². The number of nitrogens with one attached hydrogen (secondary N) is 1. The molecule has 0 aliphatic rings. The largest absolute Gasteiger partial charge is 0.496 e. The summed E-state index contributed by atoms with van der Waals surface area (Å²) < 4.78 is 17.8. The summed E-state index contributed by atoms with van der Waals surface area (Å²) in [7, 11) is 4.70. The first-order valence-corrected chi connectivity index (χ1v) is 8.11. The molecular formula is C19H21N3O4. The smallest absolute Gasteiger partial charge is 0.240 e. The lowest BCUT2D eigenvalue weighted by molar-refractivity contribution is -0.121. The van der Waals surface area contributed by atoms with Crippen LogP contribution < -0.4 is 19.5 Å². The molecule has 0 bridgehead atoms. The van der Waals surface area contributed by atoms with Crippen molar-refractivity contribution < 1.29 is 19.0 Å². The van der Waals surface area contributed by atoms with Crippen LogP contribution in [-0.4, -0.2) is 36.8 Å². The molecular weight excluding hydrogens is 334 g/mol. The number of hydrogen-bond donors (Lipinski definition) is 1. The molecule has 3 aromatic rings. The Morgan fingerprint density at radius 1 is 1.04 bits per heavy atom. The average Bonchev–Trinajstić information content (AvgIpc) is 3.08. The van der Waals surface area contributed by atoms with Crippen LogP contribution in [0.3, 0.4) is 0 Å². The summed E-state index contributed by atoms with van der Waals surface area (Å²) in [6.07, 6.45) is 1.67. The number of nitrogens with zero attached hydrogens (tertiary/aromatic N) is 2. The van der Waals surface area contributed by atoms with E-state index in [4.69, 9.17) is 14.2 Å². The molecule has 3 rings (SSSR count). The van der Waals surface area contributed by atoms with Gasteiger partial charge in [0.15, 0.2) is 11.5 Å². The molecule has 0 aliphatic heterocycles. The second-order valence-corrected chi connectivity index (χ2v) is 5.66. The SMILES string of the molecule is COc1cc(OC)c(OC)cc1CNC(=O)Cn1cnc2ccccc21. The minimum Gasteiger partial charge on any atom is -0.496 e. The molecule has 7 heteroatoms. The van der Waals surface area contributed by atoms with E-state index in [1.54, 1.807) is 39.8 Å². The Kier molecular flexibility index (Phi) is 5.26. The molecule has 0 radical (unpaired) electrons. The van der Waals surface area contributed by atoms with Gasteiger partial charge in [-0.15, -0.1) is 0 Å². The van der Waals surface area contributed by atoms with Crippen LogP contribution in [0.5, 0.6) is 17.2 Å². The van der Waals surface area contributed by atoms with Gasteiger partial charge in [-0.1, -0.05) is 12.1 Å². The Morgan fingerprint density at radius 2 is 1.73 bits per heavy atom. The molecule has 0 unspecified atom stereocenters. The Labute approximate surface area is 151 Å². The third-order valence-corrected chi connectivity index (χ3v) is 4.10. The van der Waals surface area contributed by atoms with Crippen molar-refractivity contribution in [3.05, 3.63) is 48.3 Å². The lowest BCUT2D eigenvalue weighted by Gasteiger charge is -2.14. The van der Waals surface area contributed by atoms with E-state index in [0.717, 1.165) is 16.6 Å². The molecule has 26 heavy (non-hydrogen) atoms. The maximum absolute atomic E-state index is 12.3. The van der Waals surface area contributed by atoms with Crippen LogP contribution >= 0.6 is 0 Å². The van der Waals surface area contributed by atoms with Crippen LogP contribution in [0.1, 0.15) is 5.56 Å². The van der Waals surface area contributed by atoms with Gasteiger partial charge in [0.25, 0.3) is 0 Å². The van der Waals surface area contributed by atoms with Crippen LogP contribution in [0.25, 0.3) is 11.0 Å². The summed E-state index contributed by atoms with van der Waals surface area (Å²) in [5, 5.41) is 2.90. The zero-order chi connectivity index (χ0) is 18.5. The fraction of sp³-hybridized carbons (Fsp3) is 0.263. The lowest BCUT2D eigenvalue weighted by atomic mass is 10.1. The molecule has 2 aromatic carbocycles. The summed E-state index contributed by atoms with van der Waals surface area (Å²) in [6.45, 7) is 0.505. The van der Waals surface area contributed by atoms with Crippen LogP contribution in [0.2, 0.25) is 0 Å². The van der Waals surface area contributed by atoms with Crippen molar-refractivity contribution in [2.45, 2.75) is 13.1 Å². The van der Waals surface area contributed by atoms with Gasteiger partial charge in [0.1, 0.15) is 12.3 Å². The molecule has 0 saturated carbocycles. The van der Waals surface area contributed by atoms with Crippen LogP contribution in [0.15, 0.2) is 42.7 Å². The first kappa shape index (κ1) is 17.6. The van der Waals surface area contributed by atoms with E-state index >= 15 is 0 Å². The normalized spacial score (nSPS) is 10.6. The molecule has 0 aliphatic carbocycles. The quantitative estimate of drug-likeness (QED) is 0.704. The zero-order valence-corrected chi connectivity index (χ0v) is 15.0. The van der Waals surface area contributed by atoms with Gasteiger partial charge in [0, 0.05) is 18.2 Å². The summed E-state index contributed by atoms with van der Waals surface area (Å²) in [6, 6.07) is 11.2. The molecule has 1 aromatic heterocycles. The highest BCUT2D eigenvalue weighted by Crippen LogP contribution is 2.34. The van der Waals surface area contributed by atoms with Crippen molar-refractivity contribution in [3.63, 3.8) is 0 Å². The standard InChI is InChI=1S/C19H21N3O4/c1-24-16-9-18(26-3)17(25-2)8-13(16)10-20-19(23)11-22-12-21-14-6-4-5-7-15(14)22/h4-9,12H,10-11H2,1-3H3,(H,20,23). The Hall–Kier alpha value is -3.22. The number of ether oxygens (including phenoxy) is 3. The number of carbonyl (C=O) groups is 1. The van der Waals surface area contributed by atoms with E-state index in [9.17, 15) is 4.79 Å². The van der Waals surface area contributed by atoms with Crippen molar-refractivity contribution in [1.82, 2.24) is 14.9 Å². The first-order chi connectivity index (χ1) is 12.7. The number of hydrogen-bond acceptors (Lipinski definition) is 5. The second-order valence-electron chi connectivity index (χ2n) is 5.66. The van der Waals surface area contributed by atoms with Crippen molar-refractivity contribution in [1.29, 1.82) is 0 Å². The fourth-order valence-corrected chi connectivity index (χ4v) is 2.77. The molecule has 1 N–H and O–H groups in total. The number of amides is 1. The van der Waals surface area contributed by atoms with Gasteiger partial charge < -0.3 is 24.1 Å². The number of carbonyl (C=O) groups excluding carboxylic acids is 1. The predicted molar refractivity (Wildman–Crippen MR) is 97.7 cm³/mol. The highest BCUT2D eigenvalue weighted by molar-refractivity contribution is 5.80. The van der Waals surface area contributed by atoms with Crippen molar-refractivity contribution in [2.75, 3.05) is 21.3 Å². The highest BCUT2D eigenvalue weighted by atomic mass is 16.5. The Bertz CT molecular complexity index is 920. The predicted octanol–water partition coefficient (Wildman–Crippen LogP) is 2.38. The first-order valence-electron chi connectivity index (χ1n) is 8.11. The van der Waals surface area contributed by atoms with Crippen molar-refractivity contribution in [3.8, 4) is 17.2 Å². The minimum atomic E-state index is -0.120. The Balaban J connectivity index is 1.71. The van der Waals surface area contributed by atoms with Crippen LogP contribution in [0.4, 0.5) is 0 Å². The highest BCUT2D eigenvalue weighted by Gasteiger charge is 2.13. The van der Waals surface area contributed by atoms with Gasteiger partial charge in [-0.3, -0.25) is 4.79 Å². The van der Waals surface area contributed by atoms with Crippen molar-refractivity contribution in [2.24, 2.45) is 0 Å². The minimum absolute atomic E-state index is 0.120. The Morgan fingerprint density at radius 3 is 2.46 bits per heavy atom. The molecule has 0 fully saturated rings. The lowest BCUT2D eigenvalue weighted by Crippen LogP contribution is -2.27. The second kappa shape index (κ2) is 7.77. The number of benzene rings is 2. The van der Waals surface area contributed by atoms with Crippen molar-refractivity contribution >= 4 is 16.9 Å². The van der Waals surface area contributed by atoms with Crippen LogP contribution in [0, 0.1) is 0 Å². The number of fused-ring (bicyclic) bond motifs is 1. The summed E-state index contributed by atoms with van der Waals surface area (Å²) in [5.41, 5.74) is 2.59. The molecule has 0 saturated heterocycles. The monoisotopic (exact) mass is 355 g/mol. The summed E-state index contributed by atoms with van der Waals surface area (Å²) in [4.78, 5) is 16.6. The third-order valence-electron chi connectivity index (χ3n) is 4.10. The maximum atomic E-state index is 12.3. The topological polar surface area (TPSA) is 74.6 Å². The number of rotatable bonds is 7. The van der Waals surface area contributed by atoms with Gasteiger partial charge in [0.05, 0.1) is 38.7 Å². The van der Waals surface area contributed by atoms with E-state index in [1.807, 2.05) is 28.8 Å². The van der Waals surface area contributed by atoms with Crippen LogP contribution in [-0.2, 0) is 17.9 Å². The van der Waals surface area contributed by atoms with E-state index < -0.39 is 0 Å². The number of methoxy groups -OCH3 is 3. The van der Waals surface area contributed by atoms with E-state index in [2.05, 4.69) is 10.3 Å². The maximum Gasteiger partial charge on any atom is 0.240 e. The fourth-order valence-electron chi connectivity index (χ4n) is 2.77. The van der Waals surface area contributed by atoms with Gasteiger partial charge in [-0.25, -0.2) is 4.98 Å². The summed E-state index contributed by atoms with van der Waals surface area (Å²) >= 11 is 0. The molecule has 1 amide bonds.